The molecule has 0 spiro atoms. The van der Waals surface area contributed by atoms with E-state index in [9.17, 15) is 18.0 Å². The lowest BCUT2D eigenvalue weighted by atomic mass is 10.1. The summed E-state index contributed by atoms with van der Waals surface area (Å²) in [5, 5.41) is 3.53. The number of carbonyl (C=O) groups is 2. The minimum Gasteiger partial charge on any atom is -0.354 e. The second-order valence-corrected chi connectivity index (χ2v) is 12.8. The SMILES string of the molecule is Cc1ccc(N(CC(=O)N(Cc2c(Cl)cccc2Cl)[C@@H](C)C(=O)NCC(C)C)S(=O)(=O)c2ccccc2)c(C)c1. The van der Waals surface area contributed by atoms with Gasteiger partial charge in [-0.3, -0.25) is 13.9 Å². The Morgan fingerprint density at radius 3 is 2.10 bits per heavy atom. The Kier molecular flexibility index (Phi) is 10.6. The highest BCUT2D eigenvalue weighted by molar-refractivity contribution is 7.92. The van der Waals surface area contributed by atoms with Crippen molar-refractivity contribution in [3.05, 3.63) is 93.5 Å². The van der Waals surface area contributed by atoms with Crippen molar-refractivity contribution in [2.45, 2.75) is 52.1 Å². The van der Waals surface area contributed by atoms with E-state index < -0.39 is 28.5 Å². The Labute approximate surface area is 247 Å². The molecule has 0 fully saturated rings. The van der Waals surface area contributed by atoms with Gasteiger partial charge >= 0.3 is 0 Å². The number of aryl methyl sites for hydroxylation is 2. The van der Waals surface area contributed by atoms with E-state index in [4.69, 9.17) is 23.2 Å². The third-order valence-corrected chi connectivity index (χ3v) is 8.96. The second kappa shape index (κ2) is 13.5. The summed E-state index contributed by atoms with van der Waals surface area (Å²) in [4.78, 5) is 28.5. The lowest BCUT2D eigenvalue weighted by Gasteiger charge is -2.33. The fourth-order valence-electron chi connectivity index (χ4n) is 4.21. The van der Waals surface area contributed by atoms with E-state index in [1.165, 1.54) is 17.0 Å². The summed E-state index contributed by atoms with van der Waals surface area (Å²) in [5.41, 5.74) is 2.48. The predicted molar refractivity (Wildman–Crippen MR) is 161 cm³/mol. The molecule has 0 aliphatic heterocycles. The largest absolute Gasteiger partial charge is 0.354 e. The zero-order valence-electron chi connectivity index (χ0n) is 23.3. The minimum atomic E-state index is -4.14. The number of carbonyl (C=O) groups excluding carboxylic acids is 2. The Morgan fingerprint density at radius 2 is 1.52 bits per heavy atom. The van der Waals surface area contributed by atoms with Crippen molar-refractivity contribution in [2.24, 2.45) is 5.92 Å². The van der Waals surface area contributed by atoms with Crippen LogP contribution >= 0.6 is 23.2 Å². The Morgan fingerprint density at radius 1 is 0.900 bits per heavy atom. The maximum Gasteiger partial charge on any atom is 0.264 e. The number of hydrogen-bond donors (Lipinski definition) is 1. The van der Waals surface area contributed by atoms with E-state index >= 15 is 0 Å². The van der Waals surface area contributed by atoms with Gasteiger partial charge in [0.05, 0.1) is 10.6 Å². The molecule has 3 aromatic carbocycles. The number of anilines is 1. The van der Waals surface area contributed by atoms with Crippen molar-refractivity contribution in [2.75, 3.05) is 17.4 Å². The molecule has 10 heteroatoms. The molecule has 214 valence electrons. The molecule has 40 heavy (non-hydrogen) atoms. The average Bonchev–Trinajstić information content (AvgIpc) is 2.90. The number of amides is 2. The van der Waals surface area contributed by atoms with Crippen LogP contribution in [0.25, 0.3) is 0 Å². The molecule has 0 saturated heterocycles. The van der Waals surface area contributed by atoms with Crippen molar-refractivity contribution in [1.29, 1.82) is 0 Å². The standard InChI is InChI=1S/C30H35Cl2N3O4S/c1-20(2)17-33-30(37)23(5)34(18-25-26(31)12-9-13-27(25)32)29(36)19-35(28-15-14-21(3)16-22(28)4)40(38,39)24-10-7-6-8-11-24/h6-16,20,23H,17-19H2,1-5H3,(H,33,37)/t23-/m0/s1. The molecule has 3 aromatic rings. The van der Waals surface area contributed by atoms with E-state index in [0.717, 1.165) is 9.87 Å². The van der Waals surface area contributed by atoms with Gasteiger partial charge in [-0.1, -0.05) is 79.0 Å². The van der Waals surface area contributed by atoms with Crippen LogP contribution in [0.15, 0.2) is 71.6 Å². The van der Waals surface area contributed by atoms with Crippen molar-refractivity contribution in [3.63, 3.8) is 0 Å². The van der Waals surface area contributed by atoms with Gasteiger partial charge in [0.2, 0.25) is 11.8 Å². The number of sulfonamides is 1. The molecule has 2 amide bonds. The molecule has 0 aliphatic carbocycles. The van der Waals surface area contributed by atoms with Gasteiger partial charge in [-0.05, 0) is 62.6 Å². The van der Waals surface area contributed by atoms with Crippen molar-refractivity contribution >= 4 is 50.7 Å². The second-order valence-electron chi connectivity index (χ2n) is 10.2. The smallest absolute Gasteiger partial charge is 0.264 e. The highest BCUT2D eigenvalue weighted by Gasteiger charge is 2.33. The number of rotatable bonds is 11. The predicted octanol–water partition coefficient (Wildman–Crippen LogP) is 6.00. The van der Waals surface area contributed by atoms with Gasteiger partial charge in [-0.2, -0.15) is 0 Å². The van der Waals surface area contributed by atoms with Crippen LogP contribution in [0, 0.1) is 19.8 Å². The maximum absolute atomic E-state index is 14.0. The average molecular weight is 605 g/mol. The van der Waals surface area contributed by atoms with Crippen LogP contribution < -0.4 is 9.62 Å². The van der Waals surface area contributed by atoms with Crippen molar-refractivity contribution < 1.29 is 18.0 Å². The molecule has 0 unspecified atom stereocenters. The molecule has 1 atom stereocenters. The molecule has 3 rings (SSSR count). The van der Waals surface area contributed by atoms with E-state index in [-0.39, 0.29) is 23.3 Å². The third-order valence-electron chi connectivity index (χ3n) is 6.47. The summed E-state index contributed by atoms with van der Waals surface area (Å²) in [6, 6.07) is 17.3. The zero-order chi connectivity index (χ0) is 29.6. The van der Waals surface area contributed by atoms with Crippen molar-refractivity contribution in [3.8, 4) is 0 Å². The van der Waals surface area contributed by atoms with Crippen LogP contribution in [0.1, 0.15) is 37.5 Å². The summed E-state index contributed by atoms with van der Waals surface area (Å²) in [5.74, 6) is -0.744. The first-order chi connectivity index (χ1) is 18.8. The topological polar surface area (TPSA) is 86.8 Å². The third kappa shape index (κ3) is 7.56. The van der Waals surface area contributed by atoms with E-state index in [0.29, 0.717) is 33.4 Å². The molecular weight excluding hydrogens is 569 g/mol. The van der Waals surface area contributed by atoms with Gasteiger partial charge in [-0.15, -0.1) is 0 Å². The van der Waals surface area contributed by atoms with Gasteiger partial charge in [0.25, 0.3) is 10.0 Å². The first kappa shape index (κ1) is 31.5. The summed E-state index contributed by atoms with van der Waals surface area (Å²) >= 11 is 12.9. The number of nitrogens with zero attached hydrogens (tertiary/aromatic N) is 2. The van der Waals surface area contributed by atoms with E-state index in [1.54, 1.807) is 62.4 Å². The van der Waals surface area contributed by atoms with Gasteiger partial charge in [0.1, 0.15) is 12.6 Å². The molecule has 0 radical (unpaired) electrons. The van der Waals surface area contributed by atoms with Crippen LogP contribution in [0.2, 0.25) is 10.0 Å². The molecule has 1 N–H and O–H groups in total. The highest BCUT2D eigenvalue weighted by atomic mass is 35.5. The monoisotopic (exact) mass is 603 g/mol. The number of hydrogen-bond acceptors (Lipinski definition) is 4. The highest BCUT2D eigenvalue weighted by Crippen LogP contribution is 2.30. The van der Waals surface area contributed by atoms with E-state index in [2.05, 4.69) is 5.32 Å². The van der Waals surface area contributed by atoms with Crippen LogP contribution in [-0.4, -0.2) is 44.3 Å². The number of halogens is 2. The first-order valence-electron chi connectivity index (χ1n) is 13.0. The quantitative estimate of drug-likeness (QED) is 0.291. The number of benzene rings is 3. The lowest BCUT2D eigenvalue weighted by molar-refractivity contribution is -0.139. The fourth-order valence-corrected chi connectivity index (χ4v) is 6.22. The van der Waals surface area contributed by atoms with Crippen LogP contribution in [0.3, 0.4) is 0 Å². The maximum atomic E-state index is 14.0. The molecule has 0 saturated carbocycles. The summed E-state index contributed by atoms with van der Waals surface area (Å²) < 4.78 is 28.9. The Balaban J connectivity index is 2.07. The van der Waals surface area contributed by atoms with Gasteiger partial charge < -0.3 is 10.2 Å². The molecule has 0 aliphatic rings. The normalized spacial score (nSPS) is 12.2. The number of nitrogens with one attached hydrogen (secondary N) is 1. The van der Waals surface area contributed by atoms with Crippen LogP contribution in [-0.2, 0) is 26.2 Å². The lowest BCUT2D eigenvalue weighted by Crippen LogP contribution is -2.51. The molecule has 0 bridgehead atoms. The van der Waals surface area contributed by atoms with Gasteiger partial charge in [0.15, 0.2) is 0 Å². The molecule has 0 heterocycles. The molecule has 7 nitrogen and oxygen atoms in total. The summed E-state index contributed by atoms with van der Waals surface area (Å²) in [6.45, 7) is 9.04. The zero-order valence-corrected chi connectivity index (χ0v) is 25.6. The first-order valence-corrected chi connectivity index (χ1v) is 15.2. The fraction of sp³-hybridized carbons (Fsp3) is 0.333. The van der Waals surface area contributed by atoms with Crippen LogP contribution in [0.5, 0.6) is 0 Å². The summed E-state index contributed by atoms with van der Waals surface area (Å²) in [7, 11) is -4.14. The van der Waals surface area contributed by atoms with Gasteiger partial charge in [0, 0.05) is 28.7 Å². The molecule has 0 aromatic heterocycles. The molecular formula is C30H35Cl2N3O4S. The Hall–Kier alpha value is -3.07. The summed E-state index contributed by atoms with van der Waals surface area (Å²) in [6.07, 6.45) is 0. The minimum absolute atomic E-state index is 0.0474. The van der Waals surface area contributed by atoms with Crippen molar-refractivity contribution in [1.82, 2.24) is 10.2 Å². The Bertz CT molecular complexity index is 1440. The van der Waals surface area contributed by atoms with Crippen LogP contribution in [0.4, 0.5) is 5.69 Å². The van der Waals surface area contributed by atoms with E-state index in [1.807, 2.05) is 26.8 Å². The van der Waals surface area contributed by atoms with Gasteiger partial charge in [-0.25, -0.2) is 8.42 Å².